The molecule has 0 atom stereocenters. The summed E-state index contributed by atoms with van der Waals surface area (Å²) in [7, 11) is 3.07. The number of rotatable bonds is 4. The maximum atomic E-state index is 12.3. The number of hydrogen-bond acceptors (Lipinski definition) is 3. The van der Waals surface area contributed by atoms with Crippen LogP contribution >= 0.6 is 23.2 Å². The number of carbonyl (C=O) groups is 1. The van der Waals surface area contributed by atoms with Gasteiger partial charge in [-0.1, -0.05) is 23.2 Å². The lowest BCUT2D eigenvalue weighted by molar-refractivity contribution is 0.0473. The number of aliphatic hydroxyl groups is 1. The van der Waals surface area contributed by atoms with Gasteiger partial charge in [-0.2, -0.15) is 0 Å². The van der Waals surface area contributed by atoms with Gasteiger partial charge in [-0.3, -0.25) is 4.79 Å². The number of aliphatic hydroxyl groups excluding tert-OH is 1. The molecule has 0 aromatic heterocycles. The predicted octanol–water partition coefficient (Wildman–Crippen LogP) is 2.84. The number of ether oxygens (including phenoxy) is 1. The maximum absolute atomic E-state index is 12.3. The summed E-state index contributed by atoms with van der Waals surface area (Å²) in [4.78, 5) is 13.8. The zero-order valence-corrected chi connectivity index (χ0v) is 12.8. The van der Waals surface area contributed by atoms with E-state index in [9.17, 15) is 9.90 Å². The van der Waals surface area contributed by atoms with Crippen molar-refractivity contribution in [3.05, 3.63) is 27.7 Å². The second-order valence-corrected chi connectivity index (χ2v) is 5.62. The number of hydrogen-bond donors (Lipinski definition) is 1. The monoisotopic (exact) mass is 305 g/mol. The molecule has 1 rings (SSSR count). The first-order valence-corrected chi connectivity index (χ1v) is 6.42. The Labute approximate surface area is 122 Å². The topological polar surface area (TPSA) is 49.8 Å². The molecule has 0 aliphatic carbocycles. The summed E-state index contributed by atoms with van der Waals surface area (Å²) in [5.74, 6) is 0.0643. The van der Waals surface area contributed by atoms with E-state index < -0.39 is 5.54 Å². The molecule has 0 saturated heterocycles. The fourth-order valence-corrected chi connectivity index (χ4v) is 2.09. The largest absolute Gasteiger partial charge is 0.494 e. The normalized spacial score (nSPS) is 11.3. The van der Waals surface area contributed by atoms with Crippen molar-refractivity contribution in [1.29, 1.82) is 0 Å². The van der Waals surface area contributed by atoms with Crippen LogP contribution in [0.5, 0.6) is 5.75 Å². The highest BCUT2D eigenvalue weighted by molar-refractivity contribution is 6.37. The average molecular weight is 306 g/mol. The Hall–Kier alpha value is -0.970. The number of halogens is 2. The number of likely N-dealkylation sites (N-methyl/N-ethyl adjacent to an activating group) is 1. The first-order chi connectivity index (χ1) is 8.74. The van der Waals surface area contributed by atoms with Crippen LogP contribution in [0.3, 0.4) is 0 Å². The van der Waals surface area contributed by atoms with Crippen molar-refractivity contribution in [3.8, 4) is 5.75 Å². The van der Waals surface area contributed by atoms with Crippen LogP contribution in [0, 0.1) is 0 Å². The standard InChI is InChI=1S/C13H17Cl2NO3/c1-13(2,7-17)16(3)12(18)8-5-9(14)11(19-4)10(15)6-8/h5-6,17H,7H2,1-4H3. The Morgan fingerprint density at radius 3 is 2.21 bits per heavy atom. The summed E-state index contributed by atoms with van der Waals surface area (Å²) in [6.07, 6.45) is 0. The van der Waals surface area contributed by atoms with E-state index in [1.54, 1.807) is 20.9 Å². The number of carbonyl (C=O) groups excluding carboxylic acids is 1. The van der Waals surface area contributed by atoms with Gasteiger partial charge in [-0.05, 0) is 26.0 Å². The Balaban J connectivity index is 3.15. The quantitative estimate of drug-likeness (QED) is 0.930. The van der Waals surface area contributed by atoms with Crippen LogP contribution in [0.2, 0.25) is 10.0 Å². The highest BCUT2D eigenvalue weighted by Gasteiger charge is 2.28. The summed E-state index contributed by atoms with van der Waals surface area (Å²) in [5.41, 5.74) is -0.324. The molecule has 0 saturated carbocycles. The van der Waals surface area contributed by atoms with Crippen molar-refractivity contribution < 1.29 is 14.6 Å². The van der Waals surface area contributed by atoms with Gasteiger partial charge >= 0.3 is 0 Å². The zero-order chi connectivity index (χ0) is 14.8. The van der Waals surface area contributed by atoms with Crippen molar-refractivity contribution in [3.63, 3.8) is 0 Å². The van der Waals surface area contributed by atoms with E-state index in [2.05, 4.69) is 0 Å². The summed E-state index contributed by atoms with van der Waals surface area (Å²) in [6.45, 7) is 3.38. The van der Waals surface area contributed by atoms with Crippen LogP contribution in [0.25, 0.3) is 0 Å². The summed E-state index contributed by atoms with van der Waals surface area (Å²) in [6, 6.07) is 3.00. The molecule has 6 heteroatoms. The highest BCUT2D eigenvalue weighted by Crippen LogP contribution is 2.34. The summed E-state index contributed by atoms with van der Waals surface area (Å²) in [5, 5.41) is 9.83. The minimum absolute atomic E-state index is 0.146. The predicted molar refractivity (Wildman–Crippen MR) is 76.3 cm³/mol. The zero-order valence-electron chi connectivity index (χ0n) is 11.3. The molecule has 0 unspecified atom stereocenters. The van der Waals surface area contributed by atoms with Crippen LogP contribution in [0.1, 0.15) is 24.2 Å². The molecule has 106 valence electrons. The van der Waals surface area contributed by atoms with E-state index in [0.717, 1.165) is 0 Å². The van der Waals surface area contributed by atoms with Gasteiger partial charge in [0.05, 0.1) is 29.3 Å². The SMILES string of the molecule is COc1c(Cl)cc(C(=O)N(C)C(C)(C)CO)cc1Cl. The van der Waals surface area contributed by atoms with Crippen LogP contribution in [0.4, 0.5) is 0 Å². The molecular formula is C13H17Cl2NO3. The second kappa shape index (κ2) is 5.99. The molecule has 1 aromatic carbocycles. The van der Waals surface area contributed by atoms with Gasteiger partial charge in [-0.25, -0.2) is 0 Å². The van der Waals surface area contributed by atoms with E-state index >= 15 is 0 Å². The Morgan fingerprint density at radius 1 is 1.37 bits per heavy atom. The molecule has 0 bridgehead atoms. The van der Waals surface area contributed by atoms with Gasteiger partial charge in [0.15, 0.2) is 5.75 Å². The molecule has 0 radical (unpaired) electrons. The lowest BCUT2D eigenvalue weighted by atomic mass is 10.0. The van der Waals surface area contributed by atoms with Crippen LogP contribution in [0.15, 0.2) is 12.1 Å². The van der Waals surface area contributed by atoms with E-state index in [-0.39, 0.29) is 22.6 Å². The lowest BCUT2D eigenvalue weighted by Gasteiger charge is -2.34. The highest BCUT2D eigenvalue weighted by atomic mass is 35.5. The Bertz CT molecular complexity index is 466. The maximum Gasteiger partial charge on any atom is 0.254 e. The van der Waals surface area contributed by atoms with Gasteiger partial charge in [0, 0.05) is 12.6 Å². The van der Waals surface area contributed by atoms with Crippen LogP contribution in [-0.2, 0) is 0 Å². The third kappa shape index (κ3) is 3.32. The van der Waals surface area contributed by atoms with Gasteiger partial charge in [0.25, 0.3) is 5.91 Å². The number of methoxy groups -OCH3 is 1. The third-order valence-electron chi connectivity index (χ3n) is 3.05. The van der Waals surface area contributed by atoms with Crippen LogP contribution in [-0.4, -0.2) is 42.2 Å². The molecule has 19 heavy (non-hydrogen) atoms. The number of benzene rings is 1. The molecule has 0 aliphatic rings. The number of amides is 1. The molecule has 0 aliphatic heterocycles. The van der Waals surface area contributed by atoms with Crippen LogP contribution < -0.4 is 4.74 Å². The van der Waals surface area contributed by atoms with E-state index in [1.165, 1.54) is 24.1 Å². The lowest BCUT2D eigenvalue weighted by Crippen LogP contribution is -2.47. The first-order valence-electron chi connectivity index (χ1n) is 5.66. The van der Waals surface area contributed by atoms with Crippen molar-refractivity contribution in [2.45, 2.75) is 19.4 Å². The third-order valence-corrected chi connectivity index (χ3v) is 3.61. The molecule has 1 N–H and O–H groups in total. The van der Waals surface area contributed by atoms with Crippen molar-refractivity contribution in [2.75, 3.05) is 20.8 Å². The summed E-state index contributed by atoms with van der Waals surface area (Å²) < 4.78 is 5.03. The Kier molecular flexibility index (Phi) is 5.07. The van der Waals surface area contributed by atoms with Crippen molar-refractivity contribution in [1.82, 2.24) is 4.90 Å². The van der Waals surface area contributed by atoms with Gasteiger partial charge in [0.2, 0.25) is 0 Å². The molecule has 0 fully saturated rings. The second-order valence-electron chi connectivity index (χ2n) is 4.81. The minimum Gasteiger partial charge on any atom is -0.494 e. The summed E-state index contributed by atoms with van der Waals surface area (Å²) >= 11 is 12.0. The fourth-order valence-electron chi connectivity index (χ4n) is 1.45. The smallest absolute Gasteiger partial charge is 0.254 e. The molecule has 0 spiro atoms. The number of nitrogens with zero attached hydrogens (tertiary/aromatic N) is 1. The van der Waals surface area contributed by atoms with Crippen molar-refractivity contribution in [2.24, 2.45) is 0 Å². The first kappa shape index (κ1) is 16.1. The van der Waals surface area contributed by atoms with Gasteiger partial charge < -0.3 is 14.7 Å². The molecule has 1 amide bonds. The minimum atomic E-state index is -0.671. The van der Waals surface area contributed by atoms with E-state index in [0.29, 0.717) is 11.3 Å². The average Bonchev–Trinajstić information content (AvgIpc) is 2.36. The molecular weight excluding hydrogens is 289 g/mol. The Morgan fingerprint density at radius 2 is 1.84 bits per heavy atom. The van der Waals surface area contributed by atoms with Gasteiger partial charge in [-0.15, -0.1) is 0 Å². The van der Waals surface area contributed by atoms with Crippen molar-refractivity contribution >= 4 is 29.1 Å². The fraction of sp³-hybridized carbons (Fsp3) is 0.462. The molecule has 4 nitrogen and oxygen atoms in total. The molecule has 0 heterocycles. The van der Waals surface area contributed by atoms with Gasteiger partial charge in [0.1, 0.15) is 0 Å². The van der Waals surface area contributed by atoms with E-state index in [1.807, 2.05) is 0 Å². The molecule has 1 aromatic rings. The van der Waals surface area contributed by atoms with E-state index in [4.69, 9.17) is 27.9 Å².